The zero-order valence-corrected chi connectivity index (χ0v) is 16.7. The smallest absolute Gasteiger partial charge is 0.240 e. The van der Waals surface area contributed by atoms with E-state index in [1.54, 1.807) is 35.9 Å². The molecule has 0 bridgehead atoms. The molecule has 3 aromatic rings. The molecule has 0 atom stereocenters. The SMILES string of the molecule is COc1ccc(-c2n[nH]c(=S)n2CC(=O)NCc2cc(Br)ccc2F)cc1. The third-order valence-corrected chi connectivity index (χ3v) is 4.70. The number of carbonyl (C=O) groups is 1. The summed E-state index contributed by atoms with van der Waals surface area (Å²) in [6, 6.07) is 11.8. The summed E-state index contributed by atoms with van der Waals surface area (Å²) in [5.41, 5.74) is 1.18. The molecule has 2 aromatic carbocycles. The molecule has 0 aliphatic rings. The molecule has 0 saturated carbocycles. The molecule has 0 saturated heterocycles. The monoisotopic (exact) mass is 450 g/mol. The van der Waals surface area contributed by atoms with Crippen molar-refractivity contribution in [3.05, 3.63) is 63.1 Å². The molecule has 0 radical (unpaired) electrons. The van der Waals surface area contributed by atoms with E-state index in [0.29, 0.717) is 21.9 Å². The molecule has 3 rings (SSSR count). The highest BCUT2D eigenvalue weighted by Gasteiger charge is 2.13. The first-order valence-corrected chi connectivity index (χ1v) is 9.18. The topological polar surface area (TPSA) is 71.9 Å². The quantitative estimate of drug-likeness (QED) is 0.559. The molecule has 0 fully saturated rings. The largest absolute Gasteiger partial charge is 0.497 e. The maximum absolute atomic E-state index is 13.8. The van der Waals surface area contributed by atoms with Crippen LogP contribution in [0.5, 0.6) is 5.75 Å². The molecule has 0 aliphatic heterocycles. The van der Waals surface area contributed by atoms with Gasteiger partial charge in [0.1, 0.15) is 18.1 Å². The minimum Gasteiger partial charge on any atom is -0.497 e. The Morgan fingerprint density at radius 3 is 2.78 bits per heavy atom. The van der Waals surface area contributed by atoms with Gasteiger partial charge >= 0.3 is 0 Å². The lowest BCUT2D eigenvalue weighted by molar-refractivity contribution is -0.121. The third kappa shape index (κ3) is 4.61. The van der Waals surface area contributed by atoms with Crippen molar-refractivity contribution in [1.82, 2.24) is 20.1 Å². The first kappa shape index (κ1) is 19.2. The summed E-state index contributed by atoms with van der Waals surface area (Å²) in [6.07, 6.45) is 0. The average molecular weight is 451 g/mol. The van der Waals surface area contributed by atoms with E-state index in [9.17, 15) is 9.18 Å². The summed E-state index contributed by atoms with van der Waals surface area (Å²) < 4.78 is 21.6. The van der Waals surface area contributed by atoms with E-state index < -0.39 is 0 Å². The number of H-pyrrole nitrogens is 1. The highest BCUT2D eigenvalue weighted by molar-refractivity contribution is 9.10. The molecule has 6 nitrogen and oxygen atoms in total. The lowest BCUT2D eigenvalue weighted by atomic mass is 10.2. The normalized spacial score (nSPS) is 10.6. The van der Waals surface area contributed by atoms with Gasteiger partial charge in [0.05, 0.1) is 7.11 Å². The van der Waals surface area contributed by atoms with Gasteiger partial charge in [-0.25, -0.2) is 4.39 Å². The van der Waals surface area contributed by atoms with Crippen LogP contribution in [0.3, 0.4) is 0 Å². The number of halogens is 2. The van der Waals surface area contributed by atoms with Crippen molar-refractivity contribution in [2.24, 2.45) is 0 Å². The van der Waals surface area contributed by atoms with Crippen molar-refractivity contribution in [2.45, 2.75) is 13.1 Å². The van der Waals surface area contributed by atoms with Crippen LogP contribution in [0.2, 0.25) is 0 Å². The molecule has 0 unspecified atom stereocenters. The van der Waals surface area contributed by atoms with E-state index in [1.807, 2.05) is 12.1 Å². The van der Waals surface area contributed by atoms with Crippen LogP contribution in [0, 0.1) is 10.6 Å². The van der Waals surface area contributed by atoms with E-state index in [-0.39, 0.29) is 24.8 Å². The Labute approximate surface area is 168 Å². The molecule has 2 N–H and O–H groups in total. The number of ether oxygens (including phenoxy) is 1. The summed E-state index contributed by atoms with van der Waals surface area (Å²) >= 11 is 8.52. The number of benzene rings is 2. The lowest BCUT2D eigenvalue weighted by Gasteiger charge is -2.09. The van der Waals surface area contributed by atoms with Crippen LogP contribution in [0.15, 0.2) is 46.9 Å². The number of rotatable bonds is 6. The van der Waals surface area contributed by atoms with Crippen molar-refractivity contribution in [2.75, 3.05) is 7.11 Å². The predicted octanol–water partition coefficient (Wildman–Crippen LogP) is 3.83. The third-order valence-electron chi connectivity index (χ3n) is 3.89. The molecule has 27 heavy (non-hydrogen) atoms. The van der Waals surface area contributed by atoms with Gasteiger partial charge in [-0.15, -0.1) is 0 Å². The Kier molecular flexibility index (Phi) is 6.02. The van der Waals surface area contributed by atoms with Gasteiger partial charge in [0.25, 0.3) is 0 Å². The summed E-state index contributed by atoms with van der Waals surface area (Å²) in [4.78, 5) is 12.3. The molecule has 9 heteroatoms. The first-order valence-electron chi connectivity index (χ1n) is 7.98. The summed E-state index contributed by atoms with van der Waals surface area (Å²) in [6.45, 7) is 0.0411. The van der Waals surface area contributed by atoms with Crippen molar-refractivity contribution >= 4 is 34.1 Å². The van der Waals surface area contributed by atoms with E-state index in [2.05, 4.69) is 31.4 Å². The van der Waals surface area contributed by atoms with Crippen molar-refractivity contribution in [3.63, 3.8) is 0 Å². The van der Waals surface area contributed by atoms with E-state index in [1.165, 1.54) is 6.07 Å². The summed E-state index contributed by atoms with van der Waals surface area (Å²) in [7, 11) is 1.59. The fourth-order valence-electron chi connectivity index (χ4n) is 2.50. The number of hydrogen-bond acceptors (Lipinski definition) is 4. The second-order valence-electron chi connectivity index (χ2n) is 5.68. The Bertz CT molecular complexity index is 1020. The summed E-state index contributed by atoms with van der Waals surface area (Å²) in [5, 5.41) is 9.60. The Morgan fingerprint density at radius 2 is 2.07 bits per heavy atom. The minimum atomic E-state index is -0.377. The van der Waals surface area contributed by atoms with E-state index in [0.717, 1.165) is 10.0 Å². The van der Waals surface area contributed by atoms with Crippen LogP contribution < -0.4 is 10.1 Å². The number of carbonyl (C=O) groups excluding carboxylic acids is 1. The minimum absolute atomic E-state index is 0.0354. The molecule has 0 aliphatic carbocycles. The van der Waals surface area contributed by atoms with Gasteiger partial charge in [-0.2, -0.15) is 5.10 Å². The maximum Gasteiger partial charge on any atom is 0.240 e. The number of aromatic amines is 1. The second-order valence-corrected chi connectivity index (χ2v) is 6.98. The molecule has 1 heterocycles. The van der Waals surface area contributed by atoms with Gasteiger partial charge in [-0.3, -0.25) is 14.5 Å². The molecule has 1 aromatic heterocycles. The lowest BCUT2D eigenvalue weighted by Crippen LogP contribution is -2.27. The van der Waals surface area contributed by atoms with Gasteiger partial charge in [-0.05, 0) is 54.7 Å². The second kappa shape index (κ2) is 8.45. The van der Waals surface area contributed by atoms with Gasteiger partial charge < -0.3 is 10.1 Å². The summed E-state index contributed by atoms with van der Waals surface area (Å²) in [5.74, 6) is 0.568. The van der Waals surface area contributed by atoms with Gasteiger partial charge in [0.2, 0.25) is 5.91 Å². The Hall–Kier alpha value is -2.52. The number of nitrogens with one attached hydrogen (secondary N) is 2. The van der Waals surface area contributed by atoms with Crippen LogP contribution in [-0.4, -0.2) is 27.8 Å². The van der Waals surface area contributed by atoms with Crippen LogP contribution in [0.1, 0.15) is 5.56 Å². The Balaban J connectivity index is 1.73. The number of hydrogen-bond donors (Lipinski definition) is 2. The maximum atomic E-state index is 13.8. The molecule has 0 spiro atoms. The van der Waals surface area contributed by atoms with Crippen molar-refractivity contribution < 1.29 is 13.9 Å². The number of aromatic nitrogens is 3. The van der Waals surface area contributed by atoms with Gasteiger partial charge in [-0.1, -0.05) is 15.9 Å². The number of methoxy groups -OCH3 is 1. The van der Waals surface area contributed by atoms with Gasteiger partial charge in [0.15, 0.2) is 10.6 Å². The highest BCUT2D eigenvalue weighted by atomic mass is 79.9. The zero-order valence-electron chi connectivity index (χ0n) is 14.3. The Morgan fingerprint density at radius 1 is 1.33 bits per heavy atom. The highest BCUT2D eigenvalue weighted by Crippen LogP contribution is 2.21. The average Bonchev–Trinajstić information content (AvgIpc) is 3.03. The van der Waals surface area contributed by atoms with Crippen molar-refractivity contribution in [3.8, 4) is 17.1 Å². The van der Waals surface area contributed by atoms with Crippen LogP contribution in [0.25, 0.3) is 11.4 Å². The first-order chi connectivity index (χ1) is 13.0. The molecule has 1 amide bonds. The predicted molar refractivity (Wildman–Crippen MR) is 105 cm³/mol. The van der Waals surface area contributed by atoms with Crippen LogP contribution in [-0.2, 0) is 17.9 Å². The van der Waals surface area contributed by atoms with Crippen molar-refractivity contribution in [1.29, 1.82) is 0 Å². The fourth-order valence-corrected chi connectivity index (χ4v) is 3.10. The van der Waals surface area contributed by atoms with Crippen LogP contribution >= 0.6 is 28.1 Å². The van der Waals surface area contributed by atoms with Crippen LogP contribution in [0.4, 0.5) is 4.39 Å². The number of amides is 1. The molecular weight excluding hydrogens is 435 g/mol. The van der Waals surface area contributed by atoms with Gasteiger partial charge in [0, 0.05) is 22.1 Å². The zero-order chi connectivity index (χ0) is 19.4. The number of nitrogens with zero attached hydrogens (tertiary/aromatic N) is 2. The standard InChI is InChI=1S/C18H16BrFN4O2S/c1-26-14-5-2-11(3-6-14)17-22-23-18(27)24(17)10-16(25)21-9-12-8-13(19)4-7-15(12)20/h2-8H,9-10H2,1H3,(H,21,25)(H,23,27). The molecule has 140 valence electrons. The fraction of sp³-hybridized carbons (Fsp3) is 0.167. The molecular formula is C18H16BrFN4O2S. The van der Waals surface area contributed by atoms with E-state index >= 15 is 0 Å². The van der Waals surface area contributed by atoms with E-state index in [4.69, 9.17) is 17.0 Å².